The molecule has 0 aliphatic carbocycles. The molecule has 0 amide bonds. The molecule has 0 aromatic carbocycles. The van der Waals surface area contributed by atoms with Gasteiger partial charge < -0.3 is 10.6 Å². The van der Waals surface area contributed by atoms with Crippen LogP contribution in [-0.4, -0.2) is 37.6 Å². The molecule has 108 valence electrons. The van der Waals surface area contributed by atoms with E-state index < -0.39 is 0 Å². The zero-order valence-electron chi connectivity index (χ0n) is 12.5. The van der Waals surface area contributed by atoms with Gasteiger partial charge in [0.05, 0.1) is 0 Å². The van der Waals surface area contributed by atoms with Crippen LogP contribution in [0.5, 0.6) is 0 Å². The molecule has 2 heterocycles. The fraction of sp³-hybridized carbons (Fsp3) is 0.538. The number of nitrogens with one attached hydrogen (secondary N) is 2. The van der Waals surface area contributed by atoms with Crippen molar-refractivity contribution in [2.24, 2.45) is 5.41 Å². The molecule has 2 rings (SSSR count). The maximum atomic E-state index is 4.43. The first kappa shape index (κ1) is 14.2. The first-order valence-electron chi connectivity index (χ1n) is 6.59. The van der Waals surface area contributed by atoms with Crippen LogP contribution in [0.2, 0.25) is 0 Å². The Morgan fingerprint density at radius 3 is 2.40 bits per heavy atom. The Balaban J connectivity index is 2.32. The van der Waals surface area contributed by atoms with Crippen LogP contribution in [0.1, 0.15) is 27.7 Å². The number of hydrogen-bond acceptors (Lipinski definition) is 6. The quantitative estimate of drug-likeness (QED) is 0.887. The Kier molecular flexibility index (Phi) is 3.87. The van der Waals surface area contributed by atoms with Crippen LogP contribution < -0.4 is 10.6 Å². The third-order valence-electron chi connectivity index (χ3n) is 3.23. The van der Waals surface area contributed by atoms with Crippen LogP contribution in [0.25, 0.3) is 5.95 Å². The molecule has 1 atom stereocenters. The van der Waals surface area contributed by atoms with Crippen molar-refractivity contribution in [2.45, 2.75) is 33.7 Å². The fourth-order valence-corrected chi connectivity index (χ4v) is 1.44. The van der Waals surface area contributed by atoms with Crippen molar-refractivity contribution in [3.05, 3.63) is 18.7 Å². The lowest BCUT2D eigenvalue weighted by molar-refractivity contribution is 0.358. The smallest absolute Gasteiger partial charge is 0.241 e. The van der Waals surface area contributed by atoms with E-state index >= 15 is 0 Å². The molecule has 0 aliphatic rings. The third-order valence-corrected chi connectivity index (χ3v) is 3.23. The van der Waals surface area contributed by atoms with Gasteiger partial charge in [-0.15, -0.1) is 0 Å². The Labute approximate surface area is 118 Å². The topological polar surface area (TPSA) is 80.5 Å². The predicted octanol–water partition coefficient (Wildman–Crippen LogP) is 1.95. The van der Waals surface area contributed by atoms with Crippen molar-refractivity contribution in [1.82, 2.24) is 24.5 Å². The molecule has 0 saturated heterocycles. The summed E-state index contributed by atoms with van der Waals surface area (Å²) in [5.41, 5.74) is 0.113. The highest BCUT2D eigenvalue weighted by atomic mass is 15.3. The summed E-state index contributed by atoms with van der Waals surface area (Å²) in [6.07, 6.45) is 5.14. The molecule has 7 heteroatoms. The minimum atomic E-state index is 0.113. The van der Waals surface area contributed by atoms with E-state index in [1.807, 2.05) is 0 Å². The van der Waals surface area contributed by atoms with E-state index in [0.29, 0.717) is 17.8 Å². The van der Waals surface area contributed by atoms with Crippen molar-refractivity contribution >= 4 is 11.9 Å². The summed E-state index contributed by atoms with van der Waals surface area (Å²) >= 11 is 0. The molecule has 2 aromatic rings. The van der Waals surface area contributed by atoms with E-state index in [1.165, 1.54) is 0 Å². The number of aromatic nitrogens is 5. The minimum absolute atomic E-state index is 0.113. The highest BCUT2D eigenvalue weighted by Gasteiger charge is 2.21. The average molecular weight is 275 g/mol. The van der Waals surface area contributed by atoms with Gasteiger partial charge in [0.15, 0.2) is 0 Å². The van der Waals surface area contributed by atoms with Crippen molar-refractivity contribution in [3.8, 4) is 5.95 Å². The van der Waals surface area contributed by atoms with Crippen LogP contribution in [0.4, 0.5) is 11.9 Å². The van der Waals surface area contributed by atoms with Gasteiger partial charge in [0, 0.05) is 25.5 Å². The molecule has 0 radical (unpaired) electrons. The van der Waals surface area contributed by atoms with Gasteiger partial charge in [-0.2, -0.15) is 15.0 Å². The summed E-state index contributed by atoms with van der Waals surface area (Å²) in [4.78, 5) is 17.1. The zero-order valence-corrected chi connectivity index (χ0v) is 12.5. The summed E-state index contributed by atoms with van der Waals surface area (Å²) in [7, 11) is 1.78. The van der Waals surface area contributed by atoms with Crippen LogP contribution in [0.3, 0.4) is 0 Å². The zero-order chi connectivity index (χ0) is 14.8. The fourth-order valence-electron chi connectivity index (χ4n) is 1.44. The maximum absolute atomic E-state index is 4.43. The second kappa shape index (κ2) is 5.44. The van der Waals surface area contributed by atoms with Gasteiger partial charge in [-0.1, -0.05) is 20.8 Å². The summed E-state index contributed by atoms with van der Waals surface area (Å²) < 4.78 is 1.75. The van der Waals surface area contributed by atoms with E-state index in [2.05, 4.69) is 58.3 Å². The SMILES string of the molecule is CNc1nc(NC(C)C(C)(C)C)nc(-n2ccnc2)n1. The molecule has 0 fully saturated rings. The first-order chi connectivity index (χ1) is 9.40. The predicted molar refractivity (Wildman–Crippen MR) is 79.0 cm³/mol. The molecule has 0 saturated carbocycles. The summed E-state index contributed by atoms with van der Waals surface area (Å²) in [6, 6.07) is 0.227. The Morgan fingerprint density at radius 2 is 1.85 bits per heavy atom. The molecular weight excluding hydrogens is 254 g/mol. The number of anilines is 2. The van der Waals surface area contributed by atoms with Gasteiger partial charge in [0.25, 0.3) is 0 Å². The standard InChI is InChI=1S/C13H21N7/c1-9(13(2,3)4)16-11-17-10(14-5)18-12(19-11)20-7-6-15-8-20/h6-9H,1-5H3,(H2,14,16,17,18,19). The van der Waals surface area contributed by atoms with Crippen molar-refractivity contribution < 1.29 is 0 Å². The molecule has 0 bridgehead atoms. The van der Waals surface area contributed by atoms with Gasteiger partial charge >= 0.3 is 0 Å². The molecule has 20 heavy (non-hydrogen) atoms. The molecule has 0 aliphatic heterocycles. The van der Waals surface area contributed by atoms with Gasteiger partial charge in [0.2, 0.25) is 17.8 Å². The van der Waals surface area contributed by atoms with Crippen LogP contribution in [-0.2, 0) is 0 Å². The molecule has 2 N–H and O–H groups in total. The number of hydrogen-bond donors (Lipinski definition) is 2. The molecule has 7 nitrogen and oxygen atoms in total. The largest absolute Gasteiger partial charge is 0.357 e. The summed E-state index contributed by atoms with van der Waals surface area (Å²) in [5.74, 6) is 1.60. The summed E-state index contributed by atoms with van der Waals surface area (Å²) in [5, 5.41) is 6.27. The highest BCUT2D eigenvalue weighted by molar-refractivity contribution is 5.38. The normalized spacial score (nSPS) is 13.1. The van der Waals surface area contributed by atoms with Crippen LogP contribution >= 0.6 is 0 Å². The Morgan fingerprint density at radius 1 is 1.15 bits per heavy atom. The first-order valence-corrected chi connectivity index (χ1v) is 6.59. The maximum Gasteiger partial charge on any atom is 0.241 e. The van der Waals surface area contributed by atoms with E-state index in [4.69, 9.17) is 0 Å². The Hall–Kier alpha value is -2.18. The summed E-state index contributed by atoms with van der Waals surface area (Å²) in [6.45, 7) is 8.62. The van der Waals surface area contributed by atoms with E-state index in [-0.39, 0.29) is 11.5 Å². The van der Waals surface area contributed by atoms with Crippen LogP contribution in [0.15, 0.2) is 18.7 Å². The van der Waals surface area contributed by atoms with Crippen LogP contribution in [0, 0.1) is 5.41 Å². The third kappa shape index (κ3) is 3.23. The van der Waals surface area contributed by atoms with E-state index in [1.54, 1.807) is 30.3 Å². The Bertz CT molecular complexity index is 557. The van der Waals surface area contributed by atoms with Gasteiger partial charge in [0.1, 0.15) is 6.33 Å². The molecule has 2 aromatic heterocycles. The van der Waals surface area contributed by atoms with Crippen molar-refractivity contribution in [1.29, 1.82) is 0 Å². The van der Waals surface area contributed by atoms with E-state index in [0.717, 1.165) is 0 Å². The average Bonchev–Trinajstić information content (AvgIpc) is 2.91. The second-order valence-electron chi connectivity index (χ2n) is 5.73. The van der Waals surface area contributed by atoms with Crippen molar-refractivity contribution in [3.63, 3.8) is 0 Å². The lowest BCUT2D eigenvalue weighted by atomic mass is 9.88. The molecular formula is C13H21N7. The second-order valence-corrected chi connectivity index (χ2v) is 5.73. The van der Waals surface area contributed by atoms with Gasteiger partial charge in [-0.25, -0.2) is 4.98 Å². The molecule has 0 spiro atoms. The van der Waals surface area contributed by atoms with Gasteiger partial charge in [-0.05, 0) is 12.3 Å². The number of rotatable bonds is 4. The van der Waals surface area contributed by atoms with E-state index in [9.17, 15) is 0 Å². The lowest BCUT2D eigenvalue weighted by Gasteiger charge is -2.28. The highest BCUT2D eigenvalue weighted by Crippen LogP contribution is 2.21. The lowest BCUT2D eigenvalue weighted by Crippen LogP contribution is -2.31. The number of imidazole rings is 1. The van der Waals surface area contributed by atoms with Crippen molar-refractivity contribution in [2.75, 3.05) is 17.7 Å². The molecule has 1 unspecified atom stereocenters. The monoisotopic (exact) mass is 275 g/mol. The van der Waals surface area contributed by atoms with Gasteiger partial charge in [-0.3, -0.25) is 4.57 Å². The minimum Gasteiger partial charge on any atom is -0.357 e. The number of nitrogens with zero attached hydrogens (tertiary/aromatic N) is 5.